The van der Waals surface area contributed by atoms with Crippen molar-refractivity contribution in [3.05, 3.63) is 45.8 Å². The predicted octanol–water partition coefficient (Wildman–Crippen LogP) is 2.22. The van der Waals surface area contributed by atoms with Gasteiger partial charge in [0.2, 0.25) is 0 Å². The molecule has 1 aliphatic heterocycles. The topological polar surface area (TPSA) is 130 Å². The molecule has 1 aliphatic rings. The first-order chi connectivity index (χ1) is 17.0. The molecular formula is C24H29N3O7S2. The van der Waals surface area contributed by atoms with E-state index >= 15 is 0 Å². The first-order valence-electron chi connectivity index (χ1n) is 11.8. The van der Waals surface area contributed by atoms with Crippen molar-refractivity contribution in [2.24, 2.45) is 0 Å². The minimum absolute atomic E-state index is 0.0535. The van der Waals surface area contributed by atoms with E-state index in [1.54, 1.807) is 18.4 Å². The summed E-state index contributed by atoms with van der Waals surface area (Å²) >= 11 is 1.28. The third-order valence-corrected chi connectivity index (χ3v) is 8.12. The van der Waals surface area contributed by atoms with E-state index in [0.29, 0.717) is 45.9 Å². The molecule has 0 aliphatic carbocycles. The second-order valence-corrected chi connectivity index (χ2v) is 11.6. The number of quaternary nitrogens is 1. The van der Waals surface area contributed by atoms with Gasteiger partial charge in [-0.2, -0.15) is 0 Å². The molecule has 1 saturated heterocycles. The fourth-order valence-corrected chi connectivity index (χ4v) is 5.68. The Kier molecular flexibility index (Phi) is 7.79. The number of carbonyl (C=O) groups is 1. The molecule has 12 heteroatoms. The Morgan fingerprint density at radius 3 is 2.72 bits per heavy atom. The molecule has 1 fully saturated rings. The van der Waals surface area contributed by atoms with Crippen molar-refractivity contribution in [1.29, 1.82) is 0 Å². The number of aromatic nitrogens is 1. The number of esters is 1. The number of ether oxygens (including phenoxy) is 1. The number of rotatable bonds is 9. The summed E-state index contributed by atoms with van der Waals surface area (Å²) in [5, 5.41) is 3.00. The van der Waals surface area contributed by atoms with Gasteiger partial charge in [-0.1, -0.05) is 0 Å². The number of carbonyl (C=O) groups excluding carboxylic acids is 1. The lowest BCUT2D eigenvalue weighted by atomic mass is 10.1. The maximum absolute atomic E-state index is 12.7. The van der Waals surface area contributed by atoms with Crippen LogP contribution >= 0.6 is 11.3 Å². The summed E-state index contributed by atoms with van der Waals surface area (Å²) in [7, 11) is -2.11. The minimum Gasteiger partial charge on any atom is -0.748 e. The Morgan fingerprint density at radius 1 is 1.28 bits per heavy atom. The van der Waals surface area contributed by atoms with Crippen LogP contribution in [0, 0.1) is 0 Å². The molecule has 10 nitrogen and oxygen atoms in total. The molecular weight excluding hydrogens is 506 g/mol. The maximum atomic E-state index is 12.7. The predicted molar refractivity (Wildman–Crippen MR) is 136 cm³/mol. The Labute approximate surface area is 213 Å². The van der Waals surface area contributed by atoms with Crippen molar-refractivity contribution >= 4 is 44.1 Å². The van der Waals surface area contributed by atoms with Crippen LogP contribution in [-0.4, -0.2) is 80.5 Å². The first-order valence-corrected chi connectivity index (χ1v) is 14.2. The number of fused-ring (bicyclic) bond motifs is 1. The van der Waals surface area contributed by atoms with E-state index in [0.717, 1.165) is 37.3 Å². The van der Waals surface area contributed by atoms with Gasteiger partial charge in [-0.3, -0.25) is 4.79 Å². The van der Waals surface area contributed by atoms with Crippen LogP contribution in [0.25, 0.3) is 21.5 Å². The van der Waals surface area contributed by atoms with Crippen molar-refractivity contribution in [1.82, 2.24) is 4.98 Å². The molecule has 0 amide bonds. The number of thiazole rings is 1. The Balaban J connectivity index is 1.45. The third-order valence-electron chi connectivity index (χ3n) is 6.41. The molecule has 0 radical (unpaired) electrons. The van der Waals surface area contributed by atoms with Crippen molar-refractivity contribution in [3.8, 4) is 10.6 Å². The van der Waals surface area contributed by atoms with E-state index in [2.05, 4.69) is 16.9 Å². The summed E-state index contributed by atoms with van der Waals surface area (Å²) in [6.45, 7) is 5.84. The second-order valence-electron chi connectivity index (χ2n) is 9.19. The van der Waals surface area contributed by atoms with E-state index in [4.69, 9.17) is 9.15 Å². The summed E-state index contributed by atoms with van der Waals surface area (Å²) in [6.07, 6.45) is 0.410. The largest absolute Gasteiger partial charge is 0.748 e. The number of likely N-dealkylation sites (N-methyl/N-ethyl adjacent to an activating group) is 1. The van der Waals surface area contributed by atoms with E-state index < -0.39 is 15.7 Å². The first kappa shape index (κ1) is 26.3. The number of hydrogen-bond donors (Lipinski definition) is 0. The van der Waals surface area contributed by atoms with Gasteiger partial charge < -0.3 is 23.1 Å². The minimum atomic E-state index is -4.18. The molecule has 0 bridgehead atoms. The zero-order valence-corrected chi connectivity index (χ0v) is 21.9. The number of nitrogens with zero attached hydrogens (tertiary/aromatic N) is 3. The van der Waals surface area contributed by atoms with Crippen molar-refractivity contribution in [2.45, 2.75) is 19.8 Å². The van der Waals surface area contributed by atoms with E-state index in [1.807, 2.05) is 18.2 Å². The highest BCUT2D eigenvalue weighted by molar-refractivity contribution is 7.85. The van der Waals surface area contributed by atoms with Crippen LogP contribution < -0.4 is 10.5 Å². The van der Waals surface area contributed by atoms with Gasteiger partial charge in [0.15, 0.2) is 0 Å². The molecule has 0 N–H and O–H groups in total. The number of benzene rings is 1. The van der Waals surface area contributed by atoms with Crippen LogP contribution in [0.2, 0.25) is 0 Å². The average Bonchev–Trinajstić information content (AvgIpc) is 3.26. The molecule has 3 heterocycles. The Hall–Kier alpha value is -2.80. The van der Waals surface area contributed by atoms with Gasteiger partial charge in [0.1, 0.15) is 10.6 Å². The Bertz CT molecular complexity index is 1410. The summed E-state index contributed by atoms with van der Waals surface area (Å²) in [4.78, 5) is 31.1. The lowest BCUT2D eigenvalue weighted by Gasteiger charge is -2.43. The fraction of sp³-hybridized carbons (Fsp3) is 0.458. The van der Waals surface area contributed by atoms with Gasteiger partial charge in [-0.15, -0.1) is 11.3 Å². The molecule has 194 valence electrons. The summed E-state index contributed by atoms with van der Waals surface area (Å²) in [6, 6.07) is 7.51. The van der Waals surface area contributed by atoms with Crippen molar-refractivity contribution < 1.29 is 31.4 Å². The molecule has 4 rings (SSSR count). The zero-order chi connectivity index (χ0) is 25.9. The zero-order valence-electron chi connectivity index (χ0n) is 20.3. The van der Waals surface area contributed by atoms with Gasteiger partial charge in [0.25, 0.3) is 0 Å². The molecule has 36 heavy (non-hydrogen) atoms. The molecule has 0 unspecified atom stereocenters. The van der Waals surface area contributed by atoms with Crippen LogP contribution in [0.3, 0.4) is 0 Å². The normalized spacial score (nSPS) is 15.8. The van der Waals surface area contributed by atoms with Gasteiger partial charge in [-0.25, -0.2) is 18.2 Å². The van der Waals surface area contributed by atoms with E-state index in [9.17, 15) is 22.6 Å². The SMILES string of the molecule is CCOC(=O)Cc1csc(-c2cc3ccc(N4CC[N+](C)(CCCS(=O)(=O)[O-])CC4)cc3oc2=O)n1. The summed E-state index contributed by atoms with van der Waals surface area (Å²) < 4.78 is 44.0. The van der Waals surface area contributed by atoms with E-state index in [1.165, 1.54) is 11.3 Å². The smallest absolute Gasteiger partial charge is 0.346 e. The third kappa shape index (κ3) is 6.49. The molecule has 3 aromatic rings. The van der Waals surface area contributed by atoms with Crippen LogP contribution in [0.1, 0.15) is 19.0 Å². The molecule has 0 spiro atoms. The lowest BCUT2D eigenvalue weighted by molar-refractivity contribution is -0.910. The number of piperazine rings is 1. The molecule has 0 atom stereocenters. The standard InChI is InChI=1S/C24H29N3O7S2/c1-3-33-22(28)14-18-16-35-23(25-18)20-13-17-5-6-19(15-21(17)34-24(20)29)26-7-10-27(2,11-8-26)9-4-12-36(30,31)32/h5-6,13,15-16H,3-4,7-12,14H2,1-2H3. The fourth-order valence-electron chi connectivity index (χ4n) is 4.37. The highest BCUT2D eigenvalue weighted by Crippen LogP contribution is 2.28. The lowest BCUT2D eigenvalue weighted by Crippen LogP contribution is -2.57. The van der Waals surface area contributed by atoms with Gasteiger partial charge in [0, 0.05) is 34.7 Å². The monoisotopic (exact) mass is 535 g/mol. The summed E-state index contributed by atoms with van der Waals surface area (Å²) in [5.74, 6) is -0.691. The van der Waals surface area contributed by atoms with Crippen LogP contribution in [0.15, 0.2) is 38.9 Å². The summed E-state index contributed by atoms with van der Waals surface area (Å²) in [5.41, 5.74) is 1.83. The highest BCUT2D eigenvalue weighted by Gasteiger charge is 2.28. The quantitative estimate of drug-likeness (QED) is 0.175. The molecule has 2 aromatic heterocycles. The average molecular weight is 536 g/mol. The van der Waals surface area contributed by atoms with Gasteiger partial charge in [-0.05, 0) is 25.1 Å². The van der Waals surface area contributed by atoms with Gasteiger partial charge >= 0.3 is 11.6 Å². The van der Waals surface area contributed by atoms with Crippen LogP contribution in [0.5, 0.6) is 0 Å². The number of hydrogen-bond acceptors (Lipinski definition) is 10. The second kappa shape index (κ2) is 10.7. The van der Waals surface area contributed by atoms with Crippen LogP contribution in [0.4, 0.5) is 5.69 Å². The maximum Gasteiger partial charge on any atom is 0.346 e. The van der Waals surface area contributed by atoms with Crippen molar-refractivity contribution in [2.75, 3.05) is 57.0 Å². The van der Waals surface area contributed by atoms with Crippen LogP contribution in [-0.2, 0) is 26.1 Å². The van der Waals surface area contributed by atoms with Gasteiger partial charge in [0.05, 0.1) is 74.2 Å². The molecule has 1 aromatic carbocycles. The number of anilines is 1. The highest BCUT2D eigenvalue weighted by atomic mass is 32.2. The Morgan fingerprint density at radius 2 is 2.03 bits per heavy atom. The van der Waals surface area contributed by atoms with Crippen molar-refractivity contribution in [3.63, 3.8) is 0 Å². The molecule has 0 saturated carbocycles. The van der Waals surface area contributed by atoms with E-state index in [-0.39, 0.29) is 18.1 Å².